The maximum Gasteiger partial charge on any atom is 0.310 e. The minimum absolute atomic E-state index is 0.445. The second-order valence-corrected chi connectivity index (χ2v) is 4.92. The number of carboxylic acids is 1. The molecule has 0 aliphatic rings. The molecule has 0 fully saturated rings. The van der Waals surface area contributed by atoms with Crippen molar-refractivity contribution in [3.8, 4) is 0 Å². The molecule has 0 aliphatic heterocycles. The van der Waals surface area contributed by atoms with E-state index in [4.69, 9.17) is 0 Å². The Kier molecular flexibility index (Phi) is 3.55. The number of nitrogens with zero attached hydrogens (tertiary/aromatic N) is 3. The Bertz CT molecular complexity index is 600. The maximum absolute atomic E-state index is 11.6. The first-order valence-electron chi connectivity index (χ1n) is 6.52. The predicted molar refractivity (Wildman–Crippen MR) is 72.9 cm³/mol. The third-order valence-corrected chi connectivity index (χ3v) is 4.08. The number of carboxylic acid groups (broad SMARTS) is 1. The quantitative estimate of drug-likeness (QED) is 0.897. The lowest BCUT2D eigenvalue weighted by Gasteiger charge is -2.26. The van der Waals surface area contributed by atoms with Gasteiger partial charge in [-0.15, -0.1) is 0 Å². The first-order valence-corrected chi connectivity index (χ1v) is 6.52. The summed E-state index contributed by atoms with van der Waals surface area (Å²) in [5, 5.41) is 9.50. The van der Waals surface area contributed by atoms with E-state index in [9.17, 15) is 9.90 Å². The van der Waals surface area contributed by atoms with Crippen LogP contribution in [0, 0.1) is 5.41 Å². The number of aliphatic carboxylic acids is 1. The molecule has 5 heteroatoms. The molecule has 0 aromatic carbocycles. The van der Waals surface area contributed by atoms with E-state index in [1.54, 1.807) is 12.4 Å². The van der Waals surface area contributed by atoms with Gasteiger partial charge in [-0.05, 0) is 18.9 Å². The molecular formula is C14H19N3O2. The first-order chi connectivity index (χ1) is 9.04. The highest BCUT2D eigenvalue weighted by molar-refractivity contribution is 5.76. The van der Waals surface area contributed by atoms with Crippen molar-refractivity contribution in [1.29, 1.82) is 0 Å². The Morgan fingerprint density at radius 3 is 2.63 bits per heavy atom. The molecule has 2 aromatic rings. The van der Waals surface area contributed by atoms with Gasteiger partial charge in [0.1, 0.15) is 11.3 Å². The molecule has 0 spiro atoms. The fourth-order valence-electron chi connectivity index (χ4n) is 2.44. The fraction of sp³-hybridized carbons (Fsp3) is 0.500. The molecular weight excluding hydrogens is 242 g/mol. The third-order valence-electron chi connectivity index (χ3n) is 4.08. The molecule has 0 atom stereocenters. The number of hydrogen-bond donors (Lipinski definition) is 1. The average Bonchev–Trinajstić information content (AvgIpc) is 2.73. The SMILES string of the molecule is CCC(CC)(Cc1nc2cnccc2n1C)C(=O)O. The normalized spacial score (nSPS) is 11.9. The van der Waals surface area contributed by atoms with Crippen LogP contribution in [0.1, 0.15) is 32.5 Å². The van der Waals surface area contributed by atoms with Gasteiger partial charge in [0, 0.05) is 19.7 Å². The molecule has 2 rings (SSSR count). The van der Waals surface area contributed by atoms with Crippen molar-refractivity contribution >= 4 is 17.0 Å². The average molecular weight is 261 g/mol. The van der Waals surface area contributed by atoms with Crippen molar-refractivity contribution in [2.75, 3.05) is 0 Å². The van der Waals surface area contributed by atoms with Gasteiger partial charge in [-0.25, -0.2) is 4.98 Å². The van der Waals surface area contributed by atoms with Crippen molar-refractivity contribution in [3.63, 3.8) is 0 Å². The summed E-state index contributed by atoms with van der Waals surface area (Å²) in [5.74, 6) is 0.0526. The van der Waals surface area contributed by atoms with Gasteiger partial charge in [0.15, 0.2) is 0 Å². The molecule has 5 nitrogen and oxygen atoms in total. The smallest absolute Gasteiger partial charge is 0.310 e. The number of aromatic nitrogens is 3. The van der Waals surface area contributed by atoms with E-state index in [0.717, 1.165) is 16.9 Å². The van der Waals surface area contributed by atoms with Gasteiger partial charge in [0.25, 0.3) is 0 Å². The number of pyridine rings is 1. The van der Waals surface area contributed by atoms with Crippen molar-refractivity contribution in [3.05, 3.63) is 24.3 Å². The number of imidazole rings is 1. The van der Waals surface area contributed by atoms with E-state index in [1.807, 2.05) is 31.5 Å². The predicted octanol–water partition coefficient (Wildman–Crippen LogP) is 2.40. The van der Waals surface area contributed by atoms with Crippen molar-refractivity contribution in [1.82, 2.24) is 14.5 Å². The van der Waals surface area contributed by atoms with Gasteiger partial charge in [-0.2, -0.15) is 0 Å². The van der Waals surface area contributed by atoms with Crippen LogP contribution in [0.4, 0.5) is 0 Å². The second kappa shape index (κ2) is 4.99. The Morgan fingerprint density at radius 2 is 2.11 bits per heavy atom. The van der Waals surface area contributed by atoms with Gasteiger partial charge in [0.2, 0.25) is 0 Å². The molecule has 0 radical (unpaired) electrons. The third kappa shape index (κ3) is 2.20. The van der Waals surface area contributed by atoms with Crippen LogP contribution in [0.15, 0.2) is 18.5 Å². The summed E-state index contributed by atoms with van der Waals surface area (Å²) in [6.07, 6.45) is 5.07. The minimum atomic E-state index is -0.748. The molecule has 0 aliphatic carbocycles. The number of aryl methyl sites for hydroxylation is 1. The van der Waals surface area contributed by atoms with E-state index in [1.165, 1.54) is 0 Å². The maximum atomic E-state index is 11.6. The summed E-state index contributed by atoms with van der Waals surface area (Å²) >= 11 is 0. The van der Waals surface area contributed by atoms with E-state index in [2.05, 4.69) is 9.97 Å². The van der Waals surface area contributed by atoms with Crippen LogP contribution in [-0.4, -0.2) is 25.6 Å². The molecule has 19 heavy (non-hydrogen) atoms. The Morgan fingerprint density at radius 1 is 1.42 bits per heavy atom. The largest absolute Gasteiger partial charge is 0.481 e. The van der Waals surface area contributed by atoms with Crippen LogP contribution in [0.2, 0.25) is 0 Å². The highest BCUT2D eigenvalue weighted by atomic mass is 16.4. The standard InChI is InChI=1S/C14H19N3O2/c1-4-14(5-2,13(18)19)8-12-16-10-9-15-7-6-11(10)17(12)3/h6-7,9H,4-5,8H2,1-3H3,(H,18,19). The Balaban J connectivity index is 2.45. The molecule has 0 unspecified atom stereocenters. The Hall–Kier alpha value is -1.91. The topological polar surface area (TPSA) is 68.0 Å². The van der Waals surface area contributed by atoms with E-state index in [0.29, 0.717) is 19.3 Å². The summed E-state index contributed by atoms with van der Waals surface area (Å²) in [7, 11) is 1.92. The summed E-state index contributed by atoms with van der Waals surface area (Å²) in [6.45, 7) is 3.84. The molecule has 0 bridgehead atoms. The zero-order valence-corrected chi connectivity index (χ0v) is 11.6. The number of carbonyl (C=O) groups is 1. The van der Waals surface area contributed by atoms with E-state index in [-0.39, 0.29) is 0 Å². The lowest BCUT2D eigenvalue weighted by atomic mass is 9.79. The number of rotatable bonds is 5. The second-order valence-electron chi connectivity index (χ2n) is 4.92. The zero-order valence-electron chi connectivity index (χ0n) is 11.6. The Labute approximate surface area is 112 Å². The lowest BCUT2D eigenvalue weighted by Crippen LogP contribution is -2.33. The van der Waals surface area contributed by atoms with Crippen molar-refractivity contribution in [2.45, 2.75) is 33.1 Å². The zero-order chi connectivity index (χ0) is 14.0. The van der Waals surface area contributed by atoms with Crippen molar-refractivity contribution < 1.29 is 9.90 Å². The van der Waals surface area contributed by atoms with Crippen molar-refractivity contribution in [2.24, 2.45) is 12.5 Å². The molecule has 2 aromatic heterocycles. The van der Waals surface area contributed by atoms with Crippen LogP contribution in [0.25, 0.3) is 11.0 Å². The van der Waals surface area contributed by atoms with E-state index < -0.39 is 11.4 Å². The summed E-state index contributed by atoms with van der Waals surface area (Å²) in [4.78, 5) is 20.1. The summed E-state index contributed by atoms with van der Waals surface area (Å²) in [6, 6.07) is 1.90. The first kappa shape index (κ1) is 13.5. The van der Waals surface area contributed by atoms with Gasteiger partial charge in [-0.1, -0.05) is 13.8 Å². The number of fused-ring (bicyclic) bond motifs is 1. The van der Waals surface area contributed by atoms with Gasteiger partial charge < -0.3 is 9.67 Å². The highest BCUT2D eigenvalue weighted by Crippen LogP contribution is 2.31. The molecule has 1 N–H and O–H groups in total. The molecule has 2 heterocycles. The van der Waals surface area contributed by atoms with Crippen LogP contribution >= 0.6 is 0 Å². The lowest BCUT2D eigenvalue weighted by molar-refractivity contribution is -0.149. The van der Waals surface area contributed by atoms with Crippen LogP contribution in [0.3, 0.4) is 0 Å². The minimum Gasteiger partial charge on any atom is -0.481 e. The monoisotopic (exact) mass is 261 g/mol. The highest BCUT2D eigenvalue weighted by Gasteiger charge is 2.36. The van der Waals surface area contributed by atoms with Gasteiger partial charge in [-0.3, -0.25) is 9.78 Å². The molecule has 0 saturated heterocycles. The van der Waals surface area contributed by atoms with Crippen LogP contribution in [0.5, 0.6) is 0 Å². The van der Waals surface area contributed by atoms with E-state index >= 15 is 0 Å². The van der Waals surface area contributed by atoms with Crippen LogP contribution in [-0.2, 0) is 18.3 Å². The molecule has 0 amide bonds. The van der Waals surface area contributed by atoms with Gasteiger partial charge >= 0.3 is 5.97 Å². The van der Waals surface area contributed by atoms with Gasteiger partial charge in [0.05, 0.1) is 17.1 Å². The summed E-state index contributed by atoms with van der Waals surface area (Å²) in [5.41, 5.74) is 1.06. The molecule has 102 valence electrons. The van der Waals surface area contributed by atoms with Crippen LogP contribution < -0.4 is 0 Å². The molecule has 0 saturated carbocycles. The number of hydrogen-bond acceptors (Lipinski definition) is 3. The fourth-order valence-corrected chi connectivity index (χ4v) is 2.44. The summed E-state index contributed by atoms with van der Waals surface area (Å²) < 4.78 is 1.96.